The van der Waals surface area contributed by atoms with Crippen LogP contribution in [0.1, 0.15) is 107 Å². The number of rotatable bonds is 6. The summed E-state index contributed by atoms with van der Waals surface area (Å²) in [4.78, 5) is 0. The molecule has 250 valence electrons. The number of allylic oxidation sites excluding steroid dienone is 6. The van der Waals surface area contributed by atoms with E-state index in [1.54, 1.807) is 0 Å². The van der Waals surface area contributed by atoms with Crippen LogP contribution in [-0.2, 0) is 16.8 Å². The van der Waals surface area contributed by atoms with Crippen molar-refractivity contribution in [3.05, 3.63) is 109 Å². The first-order valence-electron chi connectivity index (χ1n) is 18.6. The Hall–Kier alpha value is -1.71. The maximum absolute atomic E-state index is 4.48. The first kappa shape index (κ1) is 37.1. The normalized spacial score (nSPS) is 27.0. The van der Waals surface area contributed by atoms with Crippen LogP contribution in [0.4, 0.5) is 0 Å². The van der Waals surface area contributed by atoms with Crippen LogP contribution >= 0.6 is 0 Å². The van der Waals surface area contributed by atoms with Crippen LogP contribution in [-0.4, -0.2) is 17.0 Å². The van der Waals surface area contributed by atoms with E-state index in [1.807, 2.05) is 36.4 Å². The van der Waals surface area contributed by atoms with Crippen LogP contribution in [0.25, 0.3) is 11.1 Å². The van der Waals surface area contributed by atoms with E-state index >= 15 is 0 Å². The first-order valence-corrected chi connectivity index (χ1v) is 23.4. The molecule has 5 unspecified atom stereocenters. The predicted octanol–water partition coefficient (Wildman–Crippen LogP) is 11.3. The molecule has 4 aliphatic rings. The Labute approximate surface area is 291 Å². The van der Waals surface area contributed by atoms with Crippen LogP contribution < -0.4 is 3.80 Å². The van der Waals surface area contributed by atoms with Crippen molar-refractivity contribution >= 4 is 22.1 Å². The minimum absolute atomic E-state index is 0. The number of nitrogens with one attached hydrogen (secondary N) is 1. The quantitative estimate of drug-likeness (QED) is 0.238. The molecule has 0 amide bonds. The molecule has 2 aromatic rings. The van der Waals surface area contributed by atoms with Gasteiger partial charge in [-0.25, -0.2) is 0 Å². The van der Waals surface area contributed by atoms with Crippen molar-refractivity contribution in [1.29, 1.82) is 0 Å². The summed E-state index contributed by atoms with van der Waals surface area (Å²) in [6, 6.07) is 21.1. The molecule has 0 spiro atoms. The van der Waals surface area contributed by atoms with E-state index in [2.05, 4.69) is 76.0 Å². The molecule has 3 fully saturated rings. The van der Waals surface area contributed by atoms with Gasteiger partial charge in [0.1, 0.15) is 0 Å². The van der Waals surface area contributed by atoms with Crippen molar-refractivity contribution in [2.75, 3.05) is 0 Å². The molecule has 0 radical (unpaired) electrons. The molecule has 3 saturated carbocycles. The van der Waals surface area contributed by atoms with Crippen molar-refractivity contribution < 1.29 is 16.8 Å². The van der Waals surface area contributed by atoms with Crippen LogP contribution in [0, 0.1) is 23.7 Å². The molecular weight excluding hydrogens is 606 g/mol. The van der Waals surface area contributed by atoms with Crippen molar-refractivity contribution in [3.63, 3.8) is 0 Å². The topological polar surface area (TPSA) is 12.0 Å². The molecular formula is C43H65NSiTi. The third-order valence-corrected chi connectivity index (χ3v) is 17.3. The summed E-state index contributed by atoms with van der Waals surface area (Å²) < 4.78 is 5.48. The Kier molecular flexibility index (Phi) is 15.1. The van der Waals surface area contributed by atoms with Crippen molar-refractivity contribution in [3.8, 4) is 0 Å². The van der Waals surface area contributed by atoms with Crippen LogP contribution in [0.3, 0.4) is 0 Å². The molecule has 0 bridgehead atoms. The molecule has 6 rings (SSSR count). The number of hydrogen-bond donors (Lipinski definition) is 1. The van der Waals surface area contributed by atoms with E-state index in [-0.39, 0.29) is 11.0 Å². The van der Waals surface area contributed by atoms with Crippen molar-refractivity contribution in [2.45, 2.75) is 117 Å². The number of fused-ring (bicyclic) bond motifs is 3. The minimum atomic E-state index is -2.11. The second kappa shape index (κ2) is 18.7. The number of hydrogen-bond acceptors (Lipinski definition) is 1. The van der Waals surface area contributed by atoms with E-state index in [9.17, 15) is 0 Å². The first-order chi connectivity index (χ1) is 22.0. The van der Waals surface area contributed by atoms with E-state index < -0.39 is 16.8 Å². The Morgan fingerprint density at radius 2 is 0.978 bits per heavy atom. The zero-order valence-electron chi connectivity index (χ0n) is 28.6. The molecule has 0 saturated heterocycles. The third-order valence-electron chi connectivity index (χ3n) is 11.6. The van der Waals surface area contributed by atoms with Crippen LogP contribution in [0.5, 0.6) is 0 Å². The maximum atomic E-state index is 4.48. The van der Waals surface area contributed by atoms with E-state index in [0.717, 1.165) is 56.2 Å². The Morgan fingerprint density at radius 1 is 0.565 bits per heavy atom. The summed E-state index contributed by atoms with van der Waals surface area (Å²) in [6.07, 6.45) is 32.1. The van der Waals surface area contributed by atoms with E-state index in [0.29, 0.717) is 0 Å². The van der Waals surface area contributed by atoms with Gasteiger partial charge in [-0.15, -0.1) is 0 Å². The van der Waals surface area contributed by atoms with Gasteiger partial charge in [0.25, 0.3) is 0 Å². The zero-order chi connectivity index (χ0) is 31.5. The van der Waals surface area contributed by atoms with Crippen molar-refractivity contribution in [2.24, 2.45) is 23.7 Å². The Morgan fingerprint density at radius 3 is 1.48 bits per heavy atom. The van der Waals surface area contributed by atoms with Gasteiger partial charge in [0.2, 0.25) is 0 Å². The Balaban J connectivity index is 0.000000240. The van der Waals surface area contributed by atoms with Gasteiger partial charge < -0.3 is 0 Å². The summed E-state index contributed by atoms with van der Waals surface area (Å²) >= 11 is -2.11. The molecule has 1 N–H and O–H groups in total. The molecule has 0 aliphatic heterocycles. The molecule has 1 nitrogen and oxygen atoms in total. The van der Waals surface area contributed by atoms with Gasteiger partial charge >= 0.3 is 186 Å². The molecule has 5 atom stereocenters. The standard InChI is InChI=1S/C16H14.C13H17.C12H24N.2CH3.H4Si.Ti/c1-13(15-9-5-3-6-10-15)14(2)16-11-7-4-8-12-16;1-3-7-12-10(5-1)9-11-6-2-4-8-13(11)12;13-12-10-8-6-4-2-1-3-5-7-9-11-12;;;;/h3-12H,1-2H2;1,3,5,7,9-13H,2,4,6,8H2;12-13H,1-11H2;2*1H3;1H4;/q;;-1;;;;+1. The van der Waals surface area contributed by atoms with Gasteiger partial charge in [0.15, 0.2) is 0 Å². The molecule has 4 aliphatic carbocycles. The summed E-state index contributed by atoms with van der Waals surface area (Å²) in [5.41, 5.74) is 4.20. The van der Waals surface area contributed by atoms with Gasteiger partial charge in [-0.05, 0) is 33.2 Å². The van der Waals surface area contributed by atoms with Crippen LogP contribution in [0.2, 0.25) is 14.7 Å². The summed E-state index contributed by atoms with van der Waals surface area (Å²) in [5.74, 6) is 3.71. The Bertz CT molecular complexity index is 1200. The van der Waals surface area contributed by atoms with Gasteiger partial charge in [-0.1, -0.05) is 73.8 Å². The molecule has 2 aromatic carbocycles. The smallest absolute Gasteiger partial charge is 0.0149 e. The molecule has 3 heteroatoms. The average Bonchev–Trinajstić information content (AvgIpc) is 3.42. The maximum Gasteiger partial charge on any atom is -0.0149 e. The zero-order valence-corrected chi connectivity index (χ0v) is 30.1. The second-order valence-electron chi connectivity index (χ2n) is 15.1. The fourth-order valence-corrected chi connectivity index (χ4v) is 16.1. The molecule has 0 aromatic heterocycles. The average molecular weight is 672 g/mol. The monoisotopic (exact) mass is 671 g/mol. The van der Waals surface area contributed by atoms with Gasteiger partial charge in [0, 0.05) is 0 Å². The van der Waals surface area contributed by atoms with E-state index in [1.165, 1.54) is 96.3 Å². The van der Waals surface area contributed by atoms with Crippen LogP contribution in [0.15, 0.2) is 98.1 Å². The fraction of sp³-hybridized carbons (Fsp3) is 0.535. The minimum Gasteiger partial charge on any atom is -0.0149 e. The third kappa shape index (κ3) is 9.91. The van der Waals surface area contributed by atoms with Crippen molar-refractivity contribution in [1.82, 2.24) is 3.80 Å². The van der Waals surface area contributed by atoms with Gasteiger partial charge in [-0.3, -0.25) is 0 Å². The van der Waals surface area contributed by atoms with Gasteiger partial charge in [0.05, 0.1) is 0 Å². The van der Waals surface area contributed by atoms with Gasteiger partial charge in [-0.2, -0.15) is 0 Å². The number of benzene rings is 2. The summed E-state index contributed by atoms with van der Waals surface area (Å²) in [7, 11) is 0. The van der Waals surface area contributed by atoms with E-state index in [4.69, 9.17) is 0 Å². The predicted molar refractivity (Wildman–Crippen MR) is 206 cm³/mol. The SMILES string of the molecule is C=C(C(=C)c1ccccc1)c1ccccc1.[CH3][Ti]([CH3])([NH]C1CCCCCCCCCCC1)[CH]1C2C=CC=CC2C2CCCCC21.[SiH4]. The molecule has 0 heterocycles. The second-order valence-corrected chi connectivity index (χ2v) is 21.9. The molecule has 46 heavy (non-hydrogen) atoms. The summed E-state index contributed by atoms with van der Waals surface area (Å²) in [5, 5.41) is 5.50. The largest absolute Gasteiger partial charge is 0.0149 e. The fourth-order valence-electron chi connectivity index (χ4n) is 9.40. The summed E-state index contributed by atoms with van der Waals surface area (Å²) in [6.45, 7) is 8.20.